The van der Waals surface area contributed by atoms with Gasteiger partial charge in [0, 0.05) is 11.6 Å². The predicted octanol–water partition coefficient (Wildman–Crippen LogP) is 8.75. The Balaban J connectivity index is 1.94. The van der Waals surface area contributed by atoms with E-state index in [1.54, 1.807) is 0 Å². The molecule has 0 aromatic rings. The third-order valence-electron chi connectivity index (χ3n) is 6.72. The highest BCUT2D eigenvalue weighted by atomic mass is 35.5. The van der Waals surface area contributed by atoms with Crippen LogP contribution in [0, 0.1) is 0 Å². The van der Waals surface area contributed by atoms with Crippen LogP contribution < -0.4 is 0 Å². The predicted molar refractivity (Wildman–Crippen MR) is 136 cm³/mol. The molecule has 0 radical (unpaired) electrons. The van der Waals surface area contributed by atoms with Crippen molar-refractivity contribution in [1.29, 1.82) is 0 Å². The van der Waals surface area contributed by atoms with Gasteiger partial charge in [0.25, 0.3) is 0 Å². The molecule has 1 aliphatic heterocycles. The molecule has 0 aromatic carbocycles. The summed E-state index contributed by atoms with van der Waals surface area (Å²) >= 11 is 6.66. The molecule has 0 amide bonds. The topological polar surface area (TPSA) is 6.25 Å². The number of amidine groups is 1. The van der Waals surface area contributed by atoms with Gasteiger partial charge in [-0.2, -0.15) is 0 Å². The molecule has 1 aliphatic rings. The highest BCUT2D eigenvalue weighted by Crippen LogP contribution is 2.14. The van der Waals surface area contributed by atoms with Crippen molar-refractivity contribution >= 4 is 16.9 Å². The van der Waals surface area contributed by atoms with Crippen LogP contribution in [0.3, 0.4) is 0 Å². The quantitative estimate of drug-likeness (QED) is 0.0923. The van der Waals surface area contributed by atoms with E-state index in [0.29, 0.717) is 0 Å². The van der Waals surface area contributed by atoms with Crippen LogP contribution in [0.5, 0.6) is 0 Å². The van der Waals surface area contributed by atoms with Crippen LogP contribution in [-0.4, -0.2) is 40.9 Å². The lowest BCUT2D eigenvalue weighted by molar-refractivity contribution is -0.516. The van der Waals surface area contributed by atoms with Gasteiger partial charge in [-0.15, -0.1) is 0 Å². The van der Waals surface area contributed by atoms with E-state index in [1.165, 1.54) is 128 Å². The first kappa shape index (κ1) is 27.8. The second kappa shape index (κ2) is 20.7. The lowest BCUT2D eigenvalue weighted by atomic mass is 10.1. The van der Waals surface area contributed by atoms with Crippen molar-refractivity contribution in [1.82, 2.24) is 4.90 Å². The summed E-state index contributed by atoms with van der Waals surface area (Å²) in [6.07, 6.45) is 28.1. The number of unbranched alkanes of at least 4 members (excludes halogenated alkanes) is 18. The van der Waals surface area contributed by atoms with Crippen LogP contribution in [0.15, 0.2) is 0 Å². The van der Waals surface area contributed by atoms with Crippen molar-refractivity contribution in [2.75, 3.05) is 26.2 Å². The van der Waals surface area contributed by atoms with Crippen molar-refractivity contribution in [2.24, 2.45) is 0 Å². The summed E-state index contributed by atoms with van der Waals surface area (Å²) in [7, 11) is 0. The molecule has 30 heavy (non-hydrogen) atoms. The van der Waals surface area contributed by atoms with Gasteiger partial charge in [-0.25, -0.2) is 9.48 Å². The van der Waals surface area contributed by atoms with Crippen molar-refractivity contribution in [3.05, 3.63) is 0 Å². The van der Waals surface area contributed by atoms with Gasteiger partial charge in [0.15, 0.2) is 0 Å². The molecule has 1 rings (SSSR count). The average molecular weight is 442 g/mol. The van der Waals surface area contributed by atoms with Crippen LogP contribution in [0.1, 0.15) is 142 Å². The highest BCUT2D eigenvalue weighted by Gasteiger charge is 2.27. The zero-order valence-electron chi connectivity index (χ0n) is 20.7. The Morgan fingerprint density at radius 3 is 1.47 bits per heavy atom. The molecule has 0 saturated carbocycles. The third-order valence-corrected chi connectivity index (χ3v) is 7.20. The smallest absolute Gasteiger partial charge is 0.247 e. The summed E-state index contributed by atoms with van der Waals surface area (Å²) in [5.41, 5.74) is 0. The van der Waals surface area contributed by atoms with E-state index < -0.39 is 0 Å². The summed E-state index contributed by atoms with van der Waals surface area (Å²) in [4.78, 5) is 2.42. The Labute approximate surface area is 194 Å². The van der Waals surface area contributed by atoms with Crippen LogP contribution >= 0.6 is 11.6 Å². The molecule has 0 aromatic heterocycles. The van der Waals surface area contributed by atoms with E-state index in [2.05, 4.69) is 23.3 Å². The fraction of sp³-hybridized carbons (Fsp3) is 0.963. The minimum atomic E-state index is 1.03. The first-order valence-electron chi connectivity index (χ1n) is 13.8. The Morgan fingerprint density at radius 2 is 1.00 bits per heavy atom. The van der Waals surface area contributed by atoms with Gasteiger partial charge < -0.3 is 0 Å². The number of nitrogens with zero attached hydrogens (tertiary/aromatic N) is 2. The average Bonchev–Trinajstić information content (AvgIpc) is 3.10. The molecule has 1 heterocycles. The van der Waals surface area contributed by atoms with E-state index in [4.69, 9.17) is 11.6 Å². The highest BCUT2D eigenvalue weighted by molar-refractivity contribution is 6.63. The summed E-state index contributed by atoms with van der Waals surface area (Å²) < 4.78 is 2.42. The van der Waals surface area contributed by atoms with Gasteiger partial charge in [-0.3, -0.25) is 0 Å². The summed E-state index contributed by atoms with van der Waals surface area (Å²) in [6.45, 7) is 9.17. The molecule has 2 nitrogen and oxygen atoms in total. The molecule has 0 atom stereocenters. The molecule has 0 aliphatic carbocycles. The Morgan fingerprint density at radius 1 is 0.600 bits per heavy atom. The molecule has 0 spiro atoms. The fourth-order valence-corrected chi connectivity index (χ4v) is 4.95. The van der Waals surface area contributed by atoms with Crippen molar-refractivity contribution in [3.8, 4) is 0 Å². The van der Waals surface area contributed by atoms with Crippen molar-refractivity contribution < 1.29 is 4.58 Å². The molecule has 0 bridgehead atoms. The second-order valence-corrected chi connectivity index (χ2v) is 9.95. The van der Waals surface area contributed by atoms with Crippen molar-refractivity contribution in [3.63, 3.8) is 0 Å². The zero-order valence-corrected chi connectivity index (χ0v) is 21.5. The van der Waals surface area contributed by atoms with E-state index in [-0.39, 0.29) is 0 Å². The fourth-order valence-electron chi connectivity index (χ4n) is 4.61. The SMILES string of the molecule is CCCCCCCCCCCCN1CC[N+](CCCCCCCCCCCC)=C1Cl. The molecule has 0 N–H and O–H groups in total. The number of hydrogen-bond donors (Lipinski definition) is 0. The van der Waals surface area contributed by atoms with E-state index in [9.17, 15) is 0 Å². The van der Waals surface area contributed by atoms with Gasteiger partial charge in [0.1, 0.15) is 13.1 Å². The van der Waals surface area contributed by atoms with Gasteiger partial charge in [0.2, 0.25) is 0 Å². The second-order valence-electron chi connectivity index (χ2n) is 9.61. The maximum Gasteiger partial charge on any atom is 0.345 e. The van der Waals surface area contributed by atoms with Crippen LogP contribution in [-0.2, 0) is 0 Å². The van der Waals surface area contributed by atoms with Crippen LogP contribution in [0.25, 0.3) is 0 Å². The molecule has 3 heteroatoms. The van der Waals surface area contributed by atoms with E-state index in [1.807, 2.05) is 0 Å². The molecule has 0 saturated heterocycles. The zero-order chi connectivity index (χ0) is 21.7. The first-order valence-corrected chi connectivity index (χ1v) is 14.2. The first-order chi connectivity index (χ1) is 14.8. The normalized spacial score (nSPS) is 14.3. The largest absolute Gasteiger partial charge is 0.345 e. The minimum Gasteiger partial charge on any atom is -0.247 e. The van der Waals surface area contributed by atoms with Gasteiger partial charge in [0.05, 0.1) is 13.1 Å². The molecular formula is C27H54ClN2+. The van der Waals surface area contributed by atoms with Gasteiger partial charge >= 0.3 is 5.29 Å². The van der Waals surface area contributed by atoms with Crippen LogP contribution in [0.2, 0.25) is 0 Å². The number of rotatable bonds is 22. The van der Waals surface area contributed by atoms with Crippen LogP contribution in [0.4, 0.5) is 0 Å². The summed E-state index contributed by atoms with van der Waals surface area (Å²) in [5, 5.41) is 1.03. The standard InChI is InChI=1S/C27H54ClN2/c1-3-5-7-9-11-13-15-17-19-21-23-29-25-26-30(27(29)28)24-22-20-18-16-14-12-10-8-6-4-2/h3-26H2,1-2H3/q+1. The van der Waals surface area contributed by atoms with E-state index in [0.717, 1.165) is 31.5 Å². The van der Waals surface area contributed by atoms with Gasteiger partial charge in [-0.05, 0) is 25.7 Å². The van der Waals surface area contributed by atoms with E-state index >= 15 is 0 Å². The molecular weight excluding hydrogens is 388 g/mol. The third kappa shape index (κ3) is 14.7. The molecule has 0 unspecified atom stereocenters. The Hall–Kier alpha value is -0.240. The summed E-state index contributed by atoms with van der Waals surface area (Å²) in [6, 6.07) is 0. The lowest BCUT2D eigenvalue weighted by Crippen LogP contribution is -2.26. The molecule has 0 fully saturated rings. The Bertz CT molecular complexity index is 408. The number of hydrogen-bond acceptors (Lipinski definition) is 1. The number of halogens is 1. The molecule has 178 valence electrons. The summed E-state index contributed by atoms with van der Waals surface area (Å²) in [5.74, 6) is 0. The maximum absolute atomic E-state index is 6.66. The lowest BCUT2D eigenvalue weighted by Gasteiger charge is -2.09. The van der Waals surface area contributed by atoms with Crippen molar-refractivity contribution in [2.45, 2.75) is 142 Å². The monoisotopic (exact) mass is 441 g/mol. The maximum atomic E-state index is 6.66. The van der Waals surface area contributed by atoms with Gasteiger partial charge in [-0.1, -0.05) is 117 Å². The minimum absolute atomic E-state index is 1.03. The Kier molecular flexibility index (Phi) is 19.1.